The van der Waals surface area contributed by atoms with E-state index in [0.29, 0.717) is 35.7 Å². The van der Waals surface area contributed by atoms with Gasteiger partial charge < -0.3 is 20.5 Å². The van der Waals surface area contributed by atoms with E-state index in [1.807, 2.05) is 10.7 Å². The van der Waals surface area contributed by atoms with Gasteiger partial charge in [-0.1, -0.05) is 23.2 Å². The van der Waals surface area contributed by atoms with Crippen LogP contribution in [0.4, 0.5) is 15.0 Å². The van der Waals surface area contributed by atoms with Gasteiger partial charge in [0.05, 0.1) is 10.7 Å². The number of benzene rings is 1. The molecule has 2 aliphatic rings. The zero-order valence-corrected chi connectivity index (χ0v) is 19.8. The van der Waals surface area contributed by atoms with Crippen molar-refractivity contribution in [2.45, 2.75) is 37.8 Å². The number of nitrogen functional groups attached to an aromatic ring is 1. The summed E-state index contributed by atoms with van der Waals surface area (Å²) in [6, 6.07) is 6.33. The van der Waals surface area contributed by atoms with E-state index in [0.717, 1.165) is 25.1 Å². The molecule has 2 aliphatic heterocycles. The van der Waals surface area contributed by atoms with Crippen LogP contribution in [0.5, 0.6) is 5.75 Å². The Morgan fingerprint density at radius 3 is 2.79 bits per heavy atom. The van der Waals surface area contributed by atoms with Gasteiger partial charge in [0, 0.05) is 53.1 Å². The molecule has 1 aromatic carbocycles. The number of amides is 1. The summed E-state index contributed by atoms with van der Waals surface area (Å²) >= 11 is 12.3. The van der Waals surface area contributed by atoms with Gasteiger partial charge in [-0.05, 0) is 44.0 Å². The fourth-order valence-corrected chi connectivity index (χ4v) is 5.58. The number of carboxylic acid groups (broad SMARTS) is 1. The number of aromatic nitrogens is 3. The predicted molar refractivity (Wildman–Crippen MR) is 126 cm³/mol. The molecular formula is C23H22Cl2FN5O3. The normalized spacial score (nSPS) is 20.1. The average Bonchev–Trinajstić information content (AvgIpc) is 3.50. The monoisotopic (exact) mass is 505 g/mol. The van der Waals surface area contributed by atoms with Crippen LogP contribution in [-0.4, -0.2) is 44.0 Å². The number of hydrogen-bond acceptors (Lipinski definition) is 5. The predicted octanol–water partition coefficient (Wildman–Crippen LogP) is 5.14. The number of pyridine rings is 1. The molecule has 0 unspecified atom stereocenters. The summed E-state index contributed by atoms with van der Waals surface area (Å²) < 4.78 is 21.9. The Morgan fingerprint density at radius 2 is 2.06 bits per heavy atom. The van der Waals surface area contributed by atoms with E-state index in [1.54, 1.807) is 19.2 Å². The first-order chi connectivity index (χ1) is 16.2. The molecule has 34 heavy (non-hydrogen) atoms. The fourth-order valence-electron chi connectivity index (χ4n) is 4.91. The number of carbonyl (C=O) groups is 1. The van der Waals surface area contributed by atoms with Crippen LogP contribution in [0, 0.1) is 5.82 Å². The second-order valence-corrected chi connectivity index (χ2v) is 9.53. The van der Waals surface area contributed by atoms with E-state index in [2.05, 4.69) is 4.98 Å². The number of likely N-dealkylation sites (tertiary alicyclic amines) is 1. The molecule has 0 saturated carbocycles. The topological polar surface area (TPSA) is 106 Å². The molecule has 1 fully saturated rings. The first-order valence-electron chi connectivity index (χ1n) is 10.8. The Labute approximate surface area is 205 Å². The average molecular weight is 506 g/mol. The van der Waals surface area contributed by atoms with Gasteiger partial charge in [-0.25, -0.2) is 14.2 Å². The van der Waals surface area contributed by atoms with Crippen molar-refractivity contribution >= 4 is 35.1 Å². The van der Waals surface area contributed by atoms with Gasteiger partial charge >= 0.3 is 6.09 Å². The number of aryl methyl sites for hydroxylation is 1. The van der Waals surface area contributed by atoms with Crippen molar-refractivity contribution in [2.75, 3.05) is 18.8 Å². The lowest BCUT2D eigenvalue weighted by atomic mass is 9.82. The lowest BCUT2D eigenvalue weighted by Gasteiger charge is -2.22. The van der Waals surface area contributed by atoms with E-state index >= 15 is 0 Å². The molecule has 2 atom stereocenters. The maximum atomic E-state index is 14.0. The number of rotatable bonds is 4. The van der Waals surface area contributed by atoms with Crippen LogP contribution < -0.4 is 10.5 Å². The van der Waals surface area contributed by atoms with Crippen molar-refractivity contribution in [3.8, 4) is 17.0 Å². The molecule has 3 N–H and O–H groups in total. The number of fused-ring (bicyclic) bond motifs is 2. The highest BCUT2D eigenvalue weighted by Crippen LogP contribution is 2.44. The van der Waals surface area contributed by atoms with Crippen molar-refractivity contribution in [2.24, 2.45) is 0 Å². The van der Waals surface area contributed by atoms with E-state index in [9.17, 15) is 14.3 Å². The first kappa shape index (κ1) is 22.7. The van der Waals surface area contributed by atoms with Crippen molar-refractivity contribution in [1.82, 2.24) is 19.7 Å². The van der Waals surface area contributed by atoms with Crippen LogP contribution in [0.2, 0.25) is 10.0 Å². The lowest BCUT2D eigenvalue weighted by molar-refractivity contribution is 0.153. The van der Waals surface area contributed by atoms with Gasteiger partial charge in [0.25, 0.3) is 0 Å². The first-order valence-corrected chi connectivity index (χ1v) is 11.6. The Kier molecular flexibility index (Phi) is 5.56. The smallest absolute Gasteiger partial charge is 0.407 e. The highest BCUT2D eigenvalue weighted by Gasteiger charge is 2.47. The summed E-state index contributed by atoms with van der Waals surface area (Å²) in [5.41, 5.74) is 8.56. The molecule has 3 aromatic rings. The minimum absolute atomic E-state index is 0.106. The summed E-state index contributed by atoms with van der Waals surface area (Å²) in [4.78, 5) is 17.1. The molecule has 0 aliphatic carbocycles. The number of hydrogen-bond donors (Lipinski definition) is 2. The van der Waals surface area contributed by atoms with Crippen molar-refractivity contribution in [3.63, 3.8) is 0 Å². The van der Waals surface area contributed by atoms with E-state index in [1.165, 1.54) is 17.0 Å². The molecule has 0 radical (unpaired) electrons. The van der Waals surface area contributed by atoms with Gasteiger partial charge in [-0.2, -0.15) is 5.10 Å². The molecule has 1 spiro atoms. The SMILES string of the molecule is C[C@@H](Oc1cc(-c2cc3n(n2)CC[C@@]32CCN(C(=O)O)C2)cnc1N)c1c(Cl)ccc(F)c1Cl. The van der Waals surface area contributed by atoms with Crippen LogP contribution in [-0.2, 0) is 12.0 Å². The fraction of sp³-hybridized carbons (Fsp3) is 0.348. The molecule has 4 heterocycles. The molecule has 11 heteroatoms. The number of anilines is 1. The number of halogens is 3. The largest absolute Gasteiger partial charge is 0.482 e. The molecular weight excluding hydrogens is 484 g/mol. The minimum atomic E-state index is -0.896. The van der Waals surface area contributed by atoms with Gasteiger partial charge in [-0.15, -0.1) is 0 Å². The molecule has 1 saturated heterocycles. The molecule has 8 nitrogen and oxygen atoms in total. The van der Waals surface area contributed by atoms with Crippen LogP contribution in [0.3, 0.4) is 0 Å². The minimum Gasteiger partial charge on any atom is -0.482 e. The van der Waals surface area contributed by atoms with Crippen LogP contribution in [0.25, 0.3) is 11.3 Å². The molecule has 5 rings (SSSR count). The highest BCUT2D eigenvalue weighted by atomic mass is 35.5. The van der Waals surface area contributed by atoms with Crippen LogP contribution in [0.15, 0.2) is 30.5 Å². The van der Waals surface area contributed by atoms with Crippen molar-refractivity contribution in [1.29, 1.82) is 0 Å². The molecule has 2 aromatic heterocycles. The molecule has 178 valence electrons. The van der Waals surface area contributed by atoms with Crippen LogP contribution >= 0.6 is 23.2 Å². The van der Waals surface area contributed by atoms with Crippen LogP contribution in [0.1, 0.15) is 37.1 Å². The standard InChI is InChI=1S/C23H22Cl2FN5O3/c1-12(19-14(24)2-3-15(26)20(19)25)34-17-8-13(10-28-21(17)27)16-9-18-23(5-7-31(18)29-16)4-6-30(11-23)22(32)33/h2-3,8-10,12H,4-7,11H2,1H3,(H2,27,28)(H,32,33)/t12-,23-/m1/s1. The third-order valence-electron chi connectivity index (χ3n) is 6.72. The third-order valence-corrected chi connectivity index (χ3v) is 7.43. The molecule has 0 bridgehead atoms. The maximum Gasteiger partial charge on any atom is 0.407 e. The van der Waals surface area contributed by atoms with Crippen molar-refractivity contribution in [3.05, 3.63) is 57.6 Å². The Balaban J connectivity index is 1.43. The Hall–Kier alpha value is -3.04. The summed E-state index contributed by atoms with van der Waals surface area (Å²) in [5.74, 6) is -0.135. The Morgan fingerprint density at radius 1 is 1.29 bits per heavy atom. The second-order valence-electron chi connectivity index (χ2n) is 8.75. The number of nitrogens with two attached hydrogens (primary N) is 1. The second kappa shape index (κ2) is 8.32. The summed E-state index contributed by atoms with van der Waals surface area (Å²) in [6.07, 6.45) is 1.65. The third kappa shape index (κ3) is 3.73. The quantitative estimate of drug-likeness (QED) is 0.475. The van der Waals surface area contributed by atoms with E-state index in [-0.39, 0.29) is 21.3 Å². The van der Waals surface area contributed by atoms with E-state index in [4.69, 9.17) is 38.8 Å². The summed E-state index contributed by atoms with van der Waals surface area (Å²) in [7, 11) is 0. The molecule has 1 amide bonds. The van der Waals surface area contributed by atoms with Gasteiger partial charge in [-0.3, -0.25) is 4.68 Å². The van der Waals surface area contributed by atoms with Gasteiger partial charge in [0.1, 0.15) is 11.9 Å². The maximum absolute atomic E-state index is 14.0. The van der Waals surface area contributed by atoms with Gasteiger partial charge in [0.2, 0.25) is 0 Å². The zero-order chi connectivity index (χ0) is 24.2. The van der Waals surface area contributed by atoms with Gasteiger partial charge in [0.15, 0.2) is 11.6 Å². The number of nitrogens with zero attached hydrogens (tertiary/aromatic N) is 4. The summed E-state index contributed by atoms with van der Waals surface area (Å²) in [5, 5.41) is 14.3. The highest BCUT2D eigenvalue weighted by molar-refractivity contribution is 6.36. The number of ether oxygens (including phenoxy) is 1. The van der Waals surface area contributed by atoms with Crippen molar-refractivity contribution < 1.29 is 19.0 Å². The lowest BCUT2D eigenvalue weighted by Crippen LogP contribution is -2.32. The summed E-state index contributed by atoms with van der Waals surface area (Å²) in [6.45, 7) is 3.40. The zero-order valence-electron chi connectivity index (χ0n) is 18.3. The Bertz CT molecular complexity index is 1300. The van der Waals surface area contributed by atoms with E-state index < -0.39 is 18.0 Å².